The SMILES string of the molecule is C#CCC1(O)CCNCC1C. The van der Waals surface area contributed by atoms with E-state index in [0.717, 1.165) is 19.5 Å². The monoisotopic (exact) mass is 153 g/mol. The molecule has 2 unspecified atom stereocenters. The first-order chi connectivity index (χ1) is 5.19. The lowest BCUT2D eigenvalue weighted by Crippen LogP contribution is -2.48. The smallest absolute Gasteiger partial charge is 0.0805 e. The molecule has 0 bridgehead atoms. The van der Waals surface area contributed by atoms with Gasteiger partial charge in [0.15, 0.2) is 0 Å². The number of aliphatic hydroxyl groups is 1. The lowest BCUT2D eigenvalue weighted by molar-refractivity contribution is -0.0288. The summed E-state index contributed by atoms with van der Waals surface area (Å²) in [5.74, 6) is 2.80. The van der Waals surface area contributed by atoms with Gasteiger partial charge in [-0.2, -0.15) is 0 Å². The molecule has 1 aliphatic heterocycles. The van der Waals surface area contributed by atoms with Crippen molar-refractivity contribution in [3.05, 3.63) is 0 Å². The van der Waals surface area contributed by atoms with Gasteiger partial charge in [-0.15, -0.1) is 12.3 Å². The molecule has 2 heteroatoms. The molecular weight excluding hydrogens is 138 g/mol. The minimum absolute atomic E-state index is 0.271. The van der Waals surface area contributed by atoms with E-state index >= 15 is 0 Å². The summed E-state index contributed by atoms with van der Waals surface area (Å²) in [5, 5.41) is 13.2. The molecule has 0 aliphatic carbocycles. The van der Waals surface area contributed by atoms with E-state index in [-0.39, 0.29) is 5.92 Å². The summed E-state index contributed by atoms with van der Waals surface area (Å²) in [6.07, 6.45) is 6.43. The normalized spacial score (nSPS) is 38.1. The maximum Gasteiger partial charge on any atom is 0.0805 e. The summed E-state index contributed by atoms with van der Waals surface area (Å²) >= 11 is 0. The van der Waals surface area contributed by atoms with Crippen LogP contribution in [0.3, 0.4) is 0 Å². The van der Waals surface area contributed by atoms with Crippen molar-refractivity contribution < 1.29 is 5.11 Å². The number of hydrogen-bond donors (Lipinski definition) is 2. The van der Waals surface area contributed by atoms with Crippen molar-refractivity contribution in [3.63, 3.8) is 0 Å². The zero-order valence-corrected chi connectivity index (χ0v) is 6.93. The van der Waals surface area contributed by atoms with Crippen molar-refractivity contribution in [2.75, 3.05) is 13.1 Å². The fraction of sp³-hybridized carbons (Fsp3) is 0.778. The summed E-state index contributed by atoms with van der Waals surface area (Å²) in [5.41, 5.74) is -0.611. The molecule has 0 spiro atoms. The Hall–Kier alpha value is -0.520. The zero-order valence-electron chi connectivity index (χ0n) is 6.93. The molecule has 2 atom stereocenters. The van der Waals surface area contributed by atoms with Crippen molar-refractivity contribution in [3.8, 4) is 12.3 Å². The Morgan fingerprint density at radius 2 is 2.55 bits per heavy atom. The molecule has 0 amide bonds. The summed E-state index contributed by atoms with van der Waals surface area (Å²) in [6, 6.07) is 0. The van der Waals surface area contributed by atoms with Crippen LogP contribution < -0.4 is 5.32 Å². The van der Waals surface area contributed by atoms with Crippen LogP contribution in [0.15, 0.2) is 0 Å². The predicted octanol–water partition coefficient (Wildman–Crippen LogP) is 0.370. The van der Waals surface area contributed by atoms with Crippen LogP contribution in [0, 0.1) is 18.3 Å². The van der Waals surface area contributed by atoms with Gasteiger partial charge in [-0.1, -0.05) is 6.92 Å². The molecule has 11 heavy (non-hydrogen) atoms. The second kappa shape index (κ2) is 3.25. The van der Waals surface area contributed by atoms with Crippen molar-refractivity contribution in [1.82, 2.24) is 5.32 Å². The van der Waals surface area contributed by atoms with Gasteiger partial charge in [-0.25, -0.2) is 0 Å². The van der Waals surface area contributed by atoms with Crippen LogP contribution in [0.25, 0.3) is 0 Å². The quantitative estimate of drug-likeness (QED) is 0.533. The lowest BCUT2D eigenvalue weighted by atomic mass is 9.81. The molecule has 2 nitrogen and oxygen atoms in total. The average molecular weight is 153 g/mol. The van der Waals surface area contributed by atoms with Crippen LogP contribution in [0.4, 0.5) is 0 Å². The lowest BCUT2D eigenvalue weighted by Gasteiger charge is -2.37. The van der Waals surface area contributed by atoms with Gasteiger partial charge in [0.1, 0.15) is 0 Å². The van der Waals surface area contributed by atoms with Crippen LogP contribution >= 0.6 is 0 Å². The Labute approximate surface area is 68.0 Å². The Morgan fingerprint density at radius 3 is 3.09 bits per heavy atom. The van der Waals surface area contributed by atoms with Gasteiger partial charge in [-0.3, -0.25) is 0 Å². The third-order valence-corrected chi connectivity index (χ3v) is 2.51. The number of hydrogen-bond acceptors (Lipinski definition) is 2. The molecular formula is C9H15NO. The molecule has 0 aromatic carbocycles. The molecule has 1 aliphatic rings. The van der Waals surface area contributed by atoms with Crippen molar-refractivity contribution >= 4 is 0 Å². The highest BCUT2D eigenvalue weighted by atomic mass is 16.3. The van der Waals surface area contributed by atoms with Gasteiger partial charge in [0, 0.05) is 13.0 Å². The topological polar surface area (TPSA) is 32.3 Å². The van der Waals surface area contributed by atoms with E-state index in [4.69, 9.17) is 6.42 Å². The molecule has 1 rings (SSSR count). The fourth-order valence-corrected chi connectivity index (χ4v) is 1.50. The Balaban J connectivity index is 2.58. The van der Waals surface area contributed by atoms with E-state index in [0.29, 0.717) is 6.42 Å². The van der Waals surface area contributed by atoms with E-state index < -0.39 is 5.60 Å². The third-order valence-electron chi connectivity index (χ3n) is 2.51. The molecule has 2 N–H and O–H groups in total. The van der Waals surface area contributed by atoms with Crippen LogP contribution in [-0.2, 0) is 0 Å². The molecule has 0 aromatic heterocycles. The van der Waals surface area contributed by atoms with E-state index in [2.05, 4.69) is 11.2 Å². The minimum atomic E-state index is -0.611. The Kier molecular flexibility index (Phi) is 2.53. The van der Waals surface area contributed by atoms with Crippen LogP contribution in [0.5, 0.6) is 0 Å². The minimum Gasteiger partial charge on any atom is -0.389 e. The van der Waals surface area contributed by atoms with Crippen molar-refractivity contribution in [1.29, 1.82) is 0 Å². The Morgan fingerprint density at radius 1 is 1.82 bits per heavy atom. The largest absolute Gasteiger partial charge is 0.389 e. The van der Waals surface area contributed by atoms with Gasteiger partial charge >= 0.3 is 0 Å². The molecule has 1 saturated heterocycles. The molecule has 1 fully saturated rings. The summed E-state index contributed by atoms with van der Waals surface area (Å²) < 4.78 is 0. The molecule has 0 saturated carbocycles. The van der Waals surface area contributed by atoms with Crippen LogP contribution in [0.2, 0.25) is 0 Å². The standard InChI is InChI=1S/C9H15NO/c1-3-4-9(11)5-6-10-7-8(9)2/h1,8,10-11H,4-7H2,2H3. The third kappa shape index (κ3) is 1.74. The van der Waals surface area contributed by atoms with E-state index in [1.54, 1.807) is 0 Å². The number of nitrogens with one attached hydrogen (secondary N) is 1. The number of rotatable bonds is 1. The van der Waals surface area contributed by atoms with E-state index in [1.165, 1.54) is 0 Å². The van der Waals surface area contributed by atoms with Gasteiger partial charge < -0.3 is 10.4 Å². The van der Waals surface area contributed by atoms with Gasteiger partial charge in [0.05, 0.1) is 5.60 Å². The van der Waals surface area contributed by atoms with E-state index in [1.807, 2.05) is 6.92 Å². The van der Waals surface area contributed by atoms with Crippen molar-refractivity contribution in [2.45, 2.75) is 25.4 Å². The molecule has 0 radical (unpaired) electrons. The number of piperidine rings is 1. The maximum absolute atomic E-state index is 9.96. The first-order valence-electron chi connectivity index (χ1n) is 4.05. The highest BCUT2D eigenvalue weighted by molar-refractivity contribution is 5.00. The highest BCUT2D eigenvalue weighted by Crippen LogP contribution is 2.26. The Bertz CT molecular complexity index is 173. The first-order valence-corrected chi connectivity index (χ1v) is 4.05. The first kappa shape index (κ1) is 8.58. The number of terminal acetylenes is 1. The van der Waals surface area contributed by atoms with Gasteiger partial charge in [0.25, 0.3) is 0 Å². The van der Waals surface area contributed by atoms with Crippen LogP contribution in [-0.4, -0.2) is 23.8 Å². The molecule has 0 aromatic rings. The zero-order chi connectivity index (χ0) is 8.32. The highest BCUT2D eigenvalue weighted by Gasteiger charge is 2.34. The maximum atomic E-state index is 9.96. The van der Waals surface area contributed by atoms with Crippen LogP contribution in [0.1, 0.15) is 19.8 Å². The fourth-order valence-electron chi connectivity index (χ4n) is 1.50. The average Bonchev–Trinajstić information content (AvgIpc) is 1.96. The predicted molar refractivity (Wildman–Crippen MR) is 45.1 cm³/mol. The summed E-state index contributed by atoms with van der Waals surface area (Å²) in [7, 11) is 0. The van der Waals surface area contributed by atoms with E-state index in [9.17, 15) is 5.11 Å². The molecule has 1 heterocycles. The molecule has 62 valence electrons. The van der Waals surface area contributed by atoms with Gasteiger partial charge in [0.2, 0.25) is 0 Å². The summed E-state index contributed by atoms with van der Waals surface area (Å²) in [4.78, 5) is 0. The van der Waals surface area contributed by atoms with Gasteiger partial charge in [-0.05, 0) is 18.9 Å². The second-order valence-corrected chi connectivity index (χ2v) is 3.34. The summed E-state index contributed by atoms with van der Waals surface area (Å²) in [6.45, 7) is 3.78. The second-order valence-electron chi connectivity index (χ2n) is 3.34. The van der Waals surface area contributed by atoms with Crippen molar-refractivity contribution in [2.24, 2.45) is 5.92 Å².